The second-order valence-corrected chi connectivity index (χ2v) is 4.10. The predicted molar refractivity (Wildman–Crippen MR) is 68.8 cm³/mol. The van der Waals surface area contributed by atoms with Crippen LogP contribution in [0.1, 0.15) is 26.7 Å². The molecule has 0 bridgehead atoms. The molecule has 2 amide bonds. The van der Waals surface area contributed by atoms with Gasteiger partial charge in [-0.1, -0.05) is 0 Å². The molecule has 0 aromatic heterocycles. The summed E-state index contributed by atoms with van der Waals surface area (Å²) in [7, 11) is 0. The lowest BCUT2D eigenvalue weighted by Gasteiger charge is -2.09. The van der Waals surface area contributed by atoms with Gasteiger partial charge in [0.1, 0.15) is 12.1 Å². The van der Waals surface area contributed by atoms with Gasteiger partial charge >= 0.3 is 23.9 Å². The van der Waals surface area contributed by atoms with E-state index in [0.29, 0.717) is 0 Å². The number of amides is 2. The minimum atomic E-state index is -1.01. The molecule has 0 saturated carbocycles. The van der Waals surface area contributed by atoms with E-state index in [1.54, 1.807) is 0 Å². The van der Waals surface area contributed by atoms with E-state index in [1.807, 2.05) is 0 Å². The van der Waals surface area contributed by atoms with Crippen LogP contribution < -0.4 is 10.6 Å². The standard InChI is InChI=1S/C12H16N2O8/c1-7(13-5-15)11(19)21-9(17)3-4-10(18)22-12(20)8(2)14-6-16/h5-8H,3-4H2,1-2H3,(H,13,15)(H,14,16)/t7-,8-/m0/s1. The van der Waals surface area contributed by atoms with Crippen molar-refractivity contribution in [3.8, 4) is 0 Å². The van der Waals surface area contributed by atoms with Crippen molar-refractivity contribution in [1.29, 1.82) is 0 Å². The van der Waals surface area contributed by atoms with E-state index in [0.717, 1.165) is 0 Å². The second-order valence-electron chi connectivity index (χ2n) is 4.10. The molecule has 122 valence electrons. The lowest BCUT2D eigenvalue weighted by atomic mass is 10.3. The summed E-state index contributed by atoms with van der Waals surface area (Å²) in [5.74, 6) is -3.98. The molecule has 0 unspecified atom stereocenters. The number of carbonyl (C=O) groups excluding carboxylic acids is 6. The number of carbonyl (C=O) groups is 6. The first-order valence-electron chi connectivity index (χ1n) is 6.20. The molecule has 0 saturated heterocycles. The van der Waals surface area contributed by atoms with Crippen molar-refractivity contribution < 1.29 is 38.2 Å². The quantitative estimate of drug-likeness (QED) is 0.287. The van der Waals surface area contributed by atoms with Crippen LogP contribution in [0.25, 0.3) is 0 Å². The molecule has 0 aromatic rings. The van der Waals surface area contributed by atoms with E-state index in [9.17, 15) is 28.8 Å². The number of esters is 4. The Balaban J connectivity index is 4.11. The molecule has 0 radical (unpaired) electrons. The Hall–Kier alpha value is -2.78. The smallest absolute Gasteiger partial charge is 0.335 e. The highest BCUT2D eigenvalue weighted by molar-refractivity contribution is 5.92. The summed E-state index contributed by atoms with van der Waals surface area (Å²) in [6, 6.07) is -2.02. The molecule has 0 rings (SSSR count). The normalized spacial score (nSPS) is 12.3. The van der Waals surface area contributed by atoms with Crippen molar-refractivity contribution in [2.45, 2.75) is 38.8 Å². The lowest BCUT2D eigenvalue weighted by molar-refractivity contribution is -0.166. The molecule has 2 atom stereocenters. The molecule has 0 aliphatic carbocycles. The maximum Gasteiger partial charge on any atom is 0.335 e. The molecular formula is C12H16N2O8. The Labute approximate surface area is 125 Å². The fourth-order valence-electron chi connectivity index (χ4n) is 1.05. The average Bonchev–Trinajstić information content (AvgIpc) is 2.45. The summed E-state index contributed by atoms with van der Waals surface area (Å²) in [4.78, 5) is 65.3. The van der Waals surface area contributed by atoms with Crippen molar-refractivity contribution in [3.05, 3.63) is 0 Å². The second kappa shape index (κ2) is 10.0. The van der Waals surface area contributed by atoms with Crippen LogP contribution in [0.2, 0.25) is 0 Å². The van der Waals surface area contributed by atoms with Gasteiger partial charge in [-0.3, -0.25) is 19.2 Å². The van der Waals surface area contributed by atoms with Gasteiger partial charge in [-0.15, -0.1) is 0 Å². The zero-order chi connectivity index (χ0) is 17.1. The summed E-state index contributed by atoms with van der Waals surface area (Å²) in [5.41, 5.74) is 0. The topological polar surface area (TPSA) is 145 Å². The zero-order valence-electron chi connectivity index (χ0n) is 12.0. The van der Waals surface area contributed by atoms with Crippen LogP contribution in [0.4, 0.5) is 0 Å². The third kappa shape index (κ3) is 7.72. The van der Waals surface area contributed by atoms with Crippen LogP contribution in [-0.4, -0.2) is 48.8 Å². The Morgan fingerprint density at radius 2 is 1.14 bits per heavy atom. The first kappa shape index (κ1) is 19.2. The fourth-order valence-corrected chi connectivity index (χ4v) is 1.05. The third-order valence-corrected chi connectivity index (χ3v) is 2.31. The van der Waals surface area contributed by atoms with E-state index < -0.39 is 48.8 Å². The minimum Gasteiger partial charge on any atom is -0.392 e. The van der Waals surface area contributed by atoms with Crippen LogP contribution in [0.3, 0.4) is 0 Å². The number of ether oxygens (including phenoxy) is 2. The molecule has 10 heteroatoms. The predicted octanol–water partition coefficient (Wildman–Crippen LogP) is -1.82. The average molecular weight is 316 g/mol. The summed E-state index contributed by atoms with van der Waals surface area (Å²) < 4.78 is 8.71. The molecule has 10 nitrogen and oxygen atoms in total. The monoisotopic (exact) mass is 316 g/mol. The maximum absolute atomic E-state index is 11.3. The van der Waals surface area contributed by atoms with Gasteiger partial charge in [0.25, 0.3) is 0 Å². The van der Waals surface area contributed by atoms with Gasteiger partial charge in [0, 0.05) is 0 Å². The van der Waals surface area contributed by atoms with E-state index in [2.05, 4.69) is 20.1 Å². The highest BCUT2D eigenvalue weighted by Crippen LogP contribution is 1.99. The number of hydrogen-bond donors (Lipinski definition) is 2. The third-order valence-electron chi connectivity index (χ3n) is 2.31. The molecular weight excluding hydrogens is 300 g/mol. The zero-order valence-corrected chi connectivity index (χ0v) is 12.0. The number of hydrogen-bond acceptors (Lipinski definition) is 8. The van der Waals surface area contributed by atoms with Gasteiger partial charge in [-0.25, -0.2) is 9.59 Å². The van der Waals surface area contributed by atoms with Gasteiger partial charge in [0.2, 0.25) is 12.8 Å². The van der Waals surface area contributed by atoms with Crippen LogP contribution in [0.15, 0.2) is 0 Å². The van der Waals surface area contributed by atoms with Crippen molar-refractivity contribution in [2.24, 2.45) is 0 Å². The molecule has 0 aliphatic rings. The SMILES string of the molecule is C[C@H](NC=O)C(=O)OC(=O)CCC(=O)OC(=O)[C@H](C)NC=O. The maximum atomic E-state index is 11.3. The van der Waals surface area contributed by atoms with Crippen LogP contribution in [0.5, 0.6) is 0 Å². The van der Waals surface area contributed by atoms with Crippen LogP contribution in [-0.2, 0) is 38.2 Å². The Morgan fingerprint density at radius 3 is 1.41 bits per heavy atom. The Kier molecular flexibility index (Phi) is 8.75. The first-order valence-corrected chi connectivity index (χ1v) is 6.20. The van der Waals surface area contributed by atoms with Crippen molar-refractivity contribution in [1.82, 2.24) is 10.6 Å². The molecule has 0 aromatic carbocycles. The largest absolute Gasteiger partial charge is 0.392 e. The van der Waals surface area contributed by atoms with Crippen molar-refractivity contribution >= 4 is 36.7 Å². The highest BCUT2D eigenvalue weighted by Gasteiger charge is 2.21. The Bertz CT molecular complexity index is 420. The minimum absolute atomic E-state index is 0.272. The van der Waals surface area contributed by atoms with Crippen LogP contribution in [0, 0.1) is 0 Å². The molecule has 2 N–H and O–H groups in total. The van der Waals surface area contributed by atoms with Gasteiger partial charge in [0.15, 0.2) is 0 Å². The van der Waals surface area contributed by atoms with Gasteiger partial charge in [-0.2, -0.15) is 0 Å². The van der Waals surface area contributed by atoms with Crippen LogP contribution >= 0.6 is 0 Å². The summed E-state index contributed by atoms with van der Waals surface area (Å²) in [5, 5.41) is 4.17. The molecule has 0 heterocycles. The fraction of sp³-hybridized carbons (Fsp3) is 0.500. The first-order chi connectivity index (χ1) is 10.3. The van der Waals surface area contributed by atoms with E-state index in [1.165, 1.54) is 13.8 Å². The molecule has 0 fully saturated rings. The van der Waals surface area contributed by atoms with E-state index in [4.69, 9.17) is 0 Å². The summed E-state index contributed by atoms with van der Waals surface area (Å²) in [6.07, 6.45) is -0.426. The van der Waals surface area contributed by atoms with E-state index in [-0.39, 0.29) is 12.8 Å². The molecule has 0 spiro atoms. The lowest BCUT2D eigenvalue weighted by Crippen LogP contribution is -2.36. The summed E-state index contributed by atoms with van der Waals surface area (Å²) >= 11 is 0. The van der Waals surface area contributed by atoms with E-state index >= 15 is 0 Å². The van der Waals surface area contributed by atoms with Crippen molar-refractivity contribution in [3.63, 3.8) is 0 Å². The Morgan fingerprint density at radius 1 is 0.818 bits per heavy atom. The number of rotatable bonds is 9. The van der Waals surface area contributed by atoms with Gasteiger partial charge in [0.05, 0.1) is 12.8 Å². The highest BCUT2D eigenvalue weighted by atomic mass is 16.6. The molecule has 22 heavy (non-hydrogen) atoms. The molecule has 0 aliphatic heterocycles. The summed E-state index contributed by atoms with van der Waals surface area (Å²) in [6.45, 7) is 2.61. The number of nitrogens with one attached hydrogen (secondary N) is 2. The van der Waals surface area contributed by atoms with Crippen molar-refractivity contribution in [2.75, 3.05) is 0 Å². The van der Waals surface area contributed by atoms with Gasteiger partial charge < -0.3 is 20.1 Å². The van der Waals surface area contributed by atoms with Gasteiger partial charge in [-0.05, 0) is 13.8 Å².